The van der Waals surface area contributed by atoms with Crippen LogP contribution in [0, 0.1) is 0 Å². The Morgan fingerprint density at radius 2 is 1.10 bits per heavy atom. The number of carboxylic acid groups (broad SMARTS) is 3. The molecule has 0 unspecified atom stereocenters. The van der Waals surface area contributed by atoms with E-state index in [-0.39, 0.29) is 0 Å². The maximum absolute atomic E-state index is 12.8. The van der Waals surface area contributed by atoms with Crippen LogP contribution in [0.5, 0.6) is 0 Å². The fourth-order valence-corrected chi connectivity index (χ4v) is 3.92. The number of alkyl halides is 12. The quantitative estimate of drug-likeness (QED) is 0.173. The van der Waals surface area contributed by atoms with E-state index in [1.807, 2.05) is 18.3 Å². The van der Waals surface area contributed by atoms with Gasteiger partial charge in [0.25, 0.3) is 0 Å². The van der Waals surface area contributed by atoms with Crippen molar-refractivity contribution in [2.75, 3.05) is 36.0 Å². The number of halogens is 12. The molecule has 0 atom stereocenters. The van der Waals surface area contributed by atoms with E-state index >= 15 is 0 Å². The zero-order valence-corrected chi connectivity index (χ0v) is 25.4. The Morgan fingerprint density at radius 3 is 1.50 bits per heavy atom. The molecule has 0 bridgehead atoms. The van der Waals surface area contributed by atoms with Crippen LogP contribution in [0.2, 0.25) is 0 Å². The number of hydrogen-bond donors (Lipinski definition) is 4. The minimum absolute atomic E-state index is 0.629. The monoisotopic (exact) mass is 766 g/mol. The summed E-state index contributed by atoms with van der Waals surface area (Å²) in [7, 11) is 0. The normalized spacial score (nSPS) is 13.5. The third-order valence-corrected chi connectivity index (χ3v) is 6.31. The van der Waals surface area contributed by atoms with Crippen LogP contribution in [-0.2, 0) is 20.6 Å². The van der Waals surface area contributed by atoms with Crippen LogP contribution >= 0.6 is 0 Å². The molecular formula is C28H22F12N6O6. The average molecular weight is 766 g/mol. The molecule has 1 aliphatic heterocycles. The summed E-state index contributed by atoms with van der Waals surface area (Å²) in [6.07, 6.45) is -14.4. The number of carboxylic acids is 3. The Hall–Kier alpha value is -5.84. The summed E-state index contributed by atoms with van der Waals surface area (Å²) in [4.78, 5) is 39.9. The number of carbonyl (C=O) groups is 3. The Kier molecular flexibility index (Phi) is 13.8. The average Bonchev–Trinajstić information content (AvgIpc) is 3.59. The molecule has 5 rings (SSSR count). The first-order chi connectivity index (χ1) is 23.8. The standard InChI is InChI=1S/C22H19F3N6.3C2HF3O2/c23-22(24,25)17-2-4-18(5-3-17)30-7-9-31(10-8-30)21-19-11-15(16-12-28-29-13-16)1-6-20(19)26-14-27-21;3*3-2(4,5)1(6)7/h1-6,11-14H,7-10H2,(H,28,29);3*(H,6,7). The smallest absolute Gasteiger partial charge is 0.475 e. The SMILES string of the molecule is FC(F)(F)c1ccc(N2CCN(c3ncnc4ccc(-c5cn[nH]c5)cc34)CC2)cc1.O=C(O)C(F)(F)F.O=C(O)C(F)(F)F.O=C(O)C(F)(F)F. The molecule has 2 aromatic heterocycles. The second-order valence-electron chi connectivity index (χ2n) is 9.84. The Bertz CT molecular complexity index is 1730. The van der Waals surface area contributed by atoms with Crippen molar-refractivity contribution < 1.29 is 82.4 Å². The molecular weight excluding hydrogens is 744 g/mol. The number of benzene rings is 2. The molecule has 24 heteroatoms. The van der Waals surface area contributed by atoms with Gasteiger partial charge in [0, 0.05) is 49.0 Å². The highest BCUT2D eigenvalue weighted by Gasteiger charge is 2.39. The maximum Gasteiger partial charge on any atom is 0.490 e. The van der Waals surface area contributed by atoms with E-state index in [0.29, 0.717) is 26.2 Å². The van der Waals surface area contributed by atoms with Gasteiger partial charge in [0.1, 0.15) is 12.1 Å². The van der Waals surface area contributed by atoms with E-state index < -0.39 is 48.2 Å². The number of aromatic nitrogens is 4. The van der Waals surface area contributed by atoms with Crippen LogP contribution in [0.3, 0.4) is 0 Å². The zero-order valence-electron chi connectivity index (χ0n) is 25.4. The summed E-state index contributed by atoms with van der Waals surface area (Å²) >= 11 is 0. The summed E-state index contributed by atoms with van der Waals surface area (Å²) < 4.78 is 134. The number of aliphatic carboxylic acids is 3. The van der Waals surface area contributed by atoms with Crippen LogP contribution in [-0.4, -0.2) is 98.1 Å². The molecule has 4 aromatic rings. The first-order valence-corrected chi connectivity index (χ1v) is 13.6. The molecule has 1 saturated heterocycles. The van der Waals surface area contributed by atoms with E-state index in [9.17, 15) is 52.7 Å². The molecule has 1 aliphatic rings. The van der Waals surface area contributed by atoms with E-state index in [1.165, 1.54) is 12.1 Å². The third kappa shape index (κ3) is 12.8. The summed E-state index contributed by atoms with van der Waals surface area (Å²) in [5, 5.41) is 29.2. The number of fused-ring (bicyclic) bond motifs is 1. The van der Waals surface area contributed by atoms with Gasteiger partial charge in [0.15, 0.2) is 0 Å². The summed E-state index contributed by atoms with van der Waals surface area (Å²) in [6, 6.07) is 11.4. The lowest BCUT2D eigenvalue weighted by atomic mass is 10.1. The van der Waals surface area contributed by atoms with Crippen LogP contribution < -0.4 is 9.80 Å². The van der Waals surface area contributed by atoms with Crippen molar-refractivity contribution in [2.24, 2.45) is 0 Å². The minimum Gasteiger partial charge on any atom is -0.475 e. The molecule has 0 spiro atoms. The van der Waals surface area contributed by atoms with Gasteiger partial charge in [-0.1, -0.05) is 6.07 Å². The van der Waals surface area contributed by atoms with Gasteiger partial charge in [-0.3, -0.25) is 5.10 Å². The topological polar surface area (TPSA) is 173 Å². The molecule has 4 N–H and O–H groups in total. The van der Waals surface area contributed by atoms with E-state index in [4.69, 9.17) is 29.7 Å². The first-order valence-electron chi connectivity index (χ1n) is 13.6. The molecule has 1 fully saturated rings. The highest BCUT2D eigenvalue weighted by atomic mass is 19.4. The largest absolute Gasteiger partial charge is 0.490 e. The van der Waals surface area contributed by atoms with Gasteiger partial charge in [-0.15, -0.1) is 0 Å². The highest BCUT2D eigenvalue weighted by molar-refractivity contribution is 5.93. The summed E-state index contributed by atoms with van der Waals surface area (Å²) in [5.41, 5.74) is 3.05. The van der Waals surface area contributed by atoms with Crippen molar-refractivity contribution in [3.05, 3.63) is 66.7 Å². The molecule has 12 nitrogen and oxygen atoms in total. The Balaban J connectivity index is 0.000000365. The van der Waals surface area contributed by atoms with E-state index in [2.05, 4.69) is 36.0 Å². The maximum atomic E-state index is 12.8. The second kappa shape index (κ2) is 16.9. The molecule has 0 amide bonds. The lowest BCUT2D eigenvalue weighted by Crippen LogP contribution is -2.46. The fourth-order valence-electron chi connectivity index (χ4n) is 3.92. The van der Waals surface area contributed by atoms with Crippen molar-refractivity contribution in [2.45, 2.75) is 24.7 Å². The van der Waals surface area contributed by atoms with Crippen molar-refractivity contribution >= 4 is 40.3 Å². The number of hydrogen-bond acceptors (Lipinski definition) is 8. The van der Waals surface area contributed by atoms with Gasteiger partial charge in [0.05, 0.1) is 17.3 Å². The number of piperazine rings is 1. The lowest BCUT2D eigenvalue weighted by Gasteiger charge is -2.37. The van der Waals surface area contributed by atoms with Crippen LogP contribution in [0.15, 0.2) is 61.2 Å². The van der Waals surface area contributed by atoms with Gasteiger partial charge >= 0.3 is 42.6 Å². The molecule has 0 radical (unpaired) electrons. The number of aromatic amines is 1. The third-order valence-electron chi connectivity index (χ3n) is 6.31. The Labute approximate surface area is 281 Å². The molecule has 52 heavy (non-hydrogen) atoms. The van der Waals surface area contributed by atoms with Crippen LogP contribution in [0.25, 0.3) is 22.0 Å². The lowest BCUT2D eigenvalue weighted by molar-refractivity contribution is -0.193. The molecule has 284 valence electrons. The van der Waals surface area contributed by atoms with E-state index in [0.717, 1.165) is 45.7 Å². The number of nitrogens with zero attached hydrogens (tertiary/aromatic N) is 5. The Morgan fingerprint density at radius 1 is 0.635 bits per heavy atom. The number of anilines is 2. The van der Waals surface area contributed by atoms with Gasteiger partial charge < -0.3 is 25.1 Å². The fraction of sp³-hybridized carbons (Fsp3) is 0.286. The molecule has 0 saturated carbocycles. The predicted octanol–water partition coefficient (Wildman–Crippen LogP) is 6.27. The number of nitrogens with one attached hydrogen (secondary N) is 1. The van der Waals surface area contributed by atoms with Gasteiger partial charge in [-0.25, -0.2) is 24.4 Å². The number of H-pyrrole nitrogens is 1. The molecule has 0 aliphatic carbocycles. The van der Waals surface area contributed by atoms with Crippen molar-refractivity contribution in [1.82, 2.24) is 20.2 Å². The van der Waals surface area contributed by atoms with Gasteiger partial charge in [-0.05, 0) is 42.0 Å². The van der Waals surface area contributed by atoms with Crippen LogP contribution in [0.1, 0.15) is 5.56 Å². The van der Waals surface area contributed by atoms with E-state index in [1.54, 1.807) is 12.5 Å². The minimum atomic E-state index is -5.08. The molecule has 3 heterocycles. The number of rotatable bonds is 3. The second-order valence-corrected chi connectivity index (χ2v) is 9.84. The van der Waals surface area contributed by atoms with Crippen molar-refractivity contribution in [3.8, 4) is 11.1 Å². The zero-order chi connectivity index (χ0) is 39.7. The van der Waals surface area contributed by atoms with Crippen LogP contribution in [0.4, 0.5) is 64.2 Å². The summed E-state index contributed by atoms with van der Waals surface area (Å²) in [5.74, 6) is -7.41. The van der Waals surface area contributed by atoms with Crippen molar-refractivity contribution in [1.29, 1.82) is 0 Å². The van der Waals surface area contributed by atoms with Crippen molar-refractivity contribution in [3.63, 3.8) is 0 Å². The first kappa shape index (κ1) is 42.3. The summed E-state index contributed by atoms with van der Waals surface area (Å²) in [6.45, 7) is 2.81. The highest BCUT2D eigenvalue weighted by Crippen LogP contribution is 2.32. The van der Waals surface area contributed by atoms with Gasteiger partial charge in [0.2, 0.25) is 0 Å². The van der Waals surface area contributed by atoms with Gasteiger partial charge in [-0.2, -0.15) is 57.8 Å². The molecule has 2 aromatic carbocycles. The predicted molar refractivity (Wildman–Crippen MR) is 154 cm³/mol.